The van der Waals surface area contributed by atoms with Crippen LogP contribution in [0.5, 0.6) is 5.75 Å². The van der Waals surface area contributed by atoms with Gasteiger partial charge in [-0.2, -0.15) is 8.42 Å². The van der Waals surface area contributed by atoms with E-state index in [1.165, 1.54) is 12.1 Å². The summed E-state index contributed by atoms with van der Waals surface area (Å²) in [6.45, 7) is 4.01. The smallest absolute Gasteiger partial charge is 0.297 e. The molecule has 0 radical (unpaired) electrons. The fraction of sp³-hybridized carbons (Fsp3) is 0.250. The molecule has 0 bridgehead atoms. The van der Waals surface area contributed by atoms with Crippen molar-refractivity contribution in [1.82, 2.24) is 0 Å². The normalized spacial score (nSPS) is 11.3. The lowest BCUT2D eigenvalue weighted by Crippen LogP contribution is -2.13. The van der Waals surface area contributed by atoms with Crippen LogP contribution in [0.15, 0.2) is 53.4 Å². The largest absolute Gasteiger partial charge is 0.491 e. The monoisotopic (exact) mass is 306 g/mol. The predicted molar refractivity (Wildman–Crippen MR) is 81.0 cm³/mol. The highest BCUT2D eigenvalue weighted by atomic mass is 32.2. The molecule has 0 atom stereocenters. The van der Waals surface area contributed by atoms with E-state index in [1.807, 2.05) is 38.1 Å². The second-order valence-corrected chi connectivity index (χ2v) is 6.37. The van der Waals surface area contributed by atoms with Crippen LogP contribution in [0.2, 0.25) is 0 Å². The van der Waals surface area contributed by atoms with Crippen molar-refractivity contribution in [2.24, 2.45) is 0 Å². The summed E-state index contributed by atoms with van der Waals surface area (Å²) in [5.74, 6) is 0.700. The van der Waals surface area contributed by atoms with Crippen LogP contribution in [0.4, 0.5) is 0 Å². The van der Waals surface area contributed by atoms with E-state index in [2.05, 4.69) is 0 Å². The molecule has 5 heteroatoms. The lowest BCUT2D eigenvalue weighted by molar-refractivity contribution is 0.221. The number of aryl methyl sites for hydroxylation is 2. The Morgan fingerprint density at radius 3 is 2.29 bits per heavy atom. The molecule has 0 spiro atoms. The molecule has 0 heterocycles. The van der Waals surface area contributed by atoms with Crippen LogP contribution in [0.1, 0.15) is 11.1 Å². The van der Waals surface area contributed by atoms with Gasteiger partial charge in [-0.1, -0.05) is 29.8 Å². The summed E-state index contributed by atoms with van der Waals surface area (Å²) in [6, 6.07) is 14.1. The van der Waals surface area contributed by atoms with E-state index in [1.54, 1.807) is 12.1 Å². The number of rotatable bonds is 6. The van der Waals surface area contributed by atoms with Crippen LogP contribution in [-0.4, -0.2) is 21.6 Å². The van der Waals surface area contributed by atoms with Crippen molar-refractivity contribution in [2.75, 3.05) is 13.2 Å². The van der Waals surface area contributed by atoms with Gasteiger partial charge in [0.05, 0.1) is 4.90 Å². The average Bonchev–Trinajstić information content (AvgIpc) is 2.44. The molecule has 0 aliphatic rings. The zero-order valence-electron chi connectivity index (χ0n) is 12.1. The molecule has 0 aromatic heterocycles. The highest BCUT2D eigenvalue weighted by molar-refractivity contribution is 7.86. The second-order valence-electron chi connectivity index (χ2n) is 4.75. The van der Waals surface area contributed by atoms with Gasteiger partial charge in [0.25, 0.3) is 10.1 Å². The fourth-order valence-corrected chi connectivity index (χ4v) is 2.67. The van der Waals surface area contributed by atoms with E-state index in [0.717, 1.165) is 11.1 Å². The molecule has 0 amide bonds. The molecule has 0 aliphatic carbocycles. The van der Waals surface area contributed by atoms with Gasteiger partial charge in [0.15, 0.2) is 0 Å². The summed E-state index contributed by atoms with van der Waals surface area (Å²) in [4.78, 5) is 0.156. The maximum atomic E-state index is 11.9. The van der Waals surface area contributed by atoms with Gasteiger partial charge < -0.3 is 4.74 Å². The number of benzene rings is 2. The predicted octanol–water partition coefficient (Wildman–Crippen LogP) is 3.09. The summed E-state index contributed by atoms with van der Waals surface area (Å²) in [5.41, 5.74) is 2.08. The highest BCUT2D eigenvalue weighted by Gasteiger charge is 2.14. The molecule has 21 heavy (non-hydrogen) atoms. The van der Waals surface area contributed by atoms with Crippen molar-refractivity contribution in [2.45, 2.75) is 18.7 Å². The summed E-state index contributed by atoms with van der Waals surface area (Å²) in [6.07, 6.45) is 0. The maximum absolute atomic E-state index is 11.9. The van der Waals surface area contributed by atoms with Crippen LogP contribution < -0.4 is 4.74 Å². The molecule has 0 fully saturated rings. The maximum Gasteiger partial charge on any atom is 0.297 e. The van der Waals surface area contributed by atoms with Gasteiger partial charge in [0.2, 0.25) is 0 Å². The molecular formula is C16H18O4S. The van der Waals surface area contributed by atoms with Gasteiger partial charge in [0.1, 0.15) is 19.0 Å². The summed E-state index contributed by atoms with van der Waals surface area (Å²) in [7, 11) is -3.72. The molecular weight excluding hydrogens is 288 g/mol. The summed E-state index contributed by atoms with van der Waals surface area (Å²) in [5, 5.41) is 0. The van der Waals surface area contributed by atoms with E-state index in [9.17, 15) is 8.42 Å². The summed E-state index contributed by atoms with van der Waals surface area (Å²) >= 11 is 0. The lowest BCUT2D eigenvalue weighted by Gasteiger charge is -2.08. The van der Waals surface area contributed by atoms with Crippen molar-refractivity contribution in [3.8, 4) is 5.75 Å². The van der Waals surface area contributed by atoms with Gasteiger partial charge in [0, 0.05) is 0 Å². The molecule has 2 rings (SSSR count). The van der Waals surface area contributed by atoms with Gasteiger partial charge in [-0.05, 0) is 43.7 Å². The molecule has 112 valence electrons. The van der Waals surface area contributed by atoms with Crippen LogP contribution in [0.3, 0.4) is 0 Å². The topological polar surface area (TPSA) is 52.6 Å². The minimum absolute atomic E-state index is 0.0237. The average molecular weight is 306 g/mol. The molecule has 0 aliphatic heterocycles. The Morgan fingerprint density at radius 1 is 0.905 bits per heavy atom. The van der Waals surface area contributed by atoms with Crippen LogP contribution in [0, 0.1) is 13.8 Å². The zero-order chi connectivity index (χ0) is 15.3. The first-order valence-electron chi connectivity index (χ1n) is 6.63. The molecule has 2 aromatic rings. The molecule has 4 nitrogen and oxygen atoms in total. The Morgan fingerprint density at radius 2 is 1.62 bits per heavy atom. The SMILES string of the molecule is Cc1ccc(S(=O)(=O)OCCOc2cccc(C)c2)cc1. The quantitative estimate of drug-likeness (QED) is 0.608. The first kappa shape index (κ1) is 15.5. The third-order valence-electron chi connectivity index (χ3n) is 2.89. The lowest BCUT2D eigenvalue weighted by atomic mass is 10.2. The van der Waals surface area contributed by atoms with E-state index < -0.39 is 10.1 Å². The van der Waals surface area contributed by atoms with Crippen LogP contribution in [-0.2, 0) is 14.3 Å². The van der Waals surface area contributed by atoms with Crippen LogP contribution >= 0.6 is 0 Å². The first-order valence-corrected chi connectivity index (χ1v) is 8.04. The Bertz CT molecular complexity index is 690. The Hall–Kier alpha value is -1.85. The summed E-state index contributed by atoms with van der Waals surface area (Å²) < 4.78 is 34.3. The third-order valence-corrected chi connectivity index (χ3v) is 4.22. The van der Waals surface area contributed by atoms with Gasteiger partial charge >= 0.3 is 0 Å². The van der Waals surface area contributed by atoms with E-state index in [0.29, 0.717) is 5.75 Å². The number of ether oxygens (including phenoxy) is 1. The van der Waals surface area contributed by atoms with Crippen LogP contribution in [0.25, 0.3) is 0 Å². The zero-order valence-corrected chi connectivity index (χ0v) is 12.9. The number of hydrogen-bond donors (Lipinski definition) is 0. The van der Waals surface area contributed by atoms with Gasteiger partial charge in [-0.25, -0.2) is 0 Å². The third kappa shape index (κ3) is 4.58. The van der Waals surface area contributed by atoms with E-state index >= 15 is 0 Å². The minimum Gasteiger partial charge on any atom is -0.491 e. The standard InChI is InChI=1S/C16H18O4S/c1-13-6-8-16(9-7-13)21(17,18)20-11-10-19-15-5-3-4-14(2)12-15/h3-9,12H,10-11H2,1-2H3. The van der Waals surface area contributed by atoms with Crippen molar-refractivity contribution < 1.29 is 17.3 Å². The van der Waals surface area contributed by atoms with Crippen molar-refractivity contribution in [1.29, 1.82) is 0 Å². The molecule has 0 unspecified atom stereocenters. The van der Waals surface area contributed by atoms with Crippen molar-refractivity contribution in [3.05, 3.63) is 59.7 Å². The minimum atomic E-state index is -3.72. The molecule has 2 aromatic carbocycles. The molecule has 0 saturated carbocycles. The van der Waals surface area contributed by atoms with Gasteiger partial charge in [-0.3, -0.25) is 4.18 Å². The van der Waals surface area contributed by atoms with Gasteiger partial charge in [-0.15, -0.1) is 0 Å². The highest BCUT2D eigenvalue weighted by Crippen LogP contribution is 2.14. The Labute approximate surface area is 125 Å². The Kier molecular flexibility index (Phi) is 4.98. The first-order chi connectivity index (χ1) is 9.97. The second kappa shape index (κ2) is 6.74. The Balaban J connectivity index is 1.86. The van der Waals surface area contributed by atoms with E-state index in [-0.39, 0.29) is 18.1 Å². The van der Waals surface area contributed by atoms with Crippen molar-refractivity contribution >= 4 is 10.1 Å². The fourth-order valence-electron chi connectivity index (χ4n) is 1.78. The van der Waals surface area contributed by atoms with Crippen molar-refractivity contribution in [3.63, 3.8) is 0 Å². The van der Waals surface area contributed by atoms with E-state index in [4.69, 9.17) is 8.92 Å². The number of hydrogen-bond acceptors (Lipinski definition) is 4. The molecule has 0 saturated heterocycles. The molecule has 0 N–H and O–H groups in total.